The molecule has 1 aromatic rings. The zero-order valence-corrected chi connectivity index (χ0v) is 10.2. The van der Waals surface area contributed by atoms with Crippen molar-refractivity contribution < 1.29 is 4.39 Å². The summed E-state index contributed by atoms with van der Waals surface area (Å²) in [6.45, 7) is -0.300. The molecule has 0 bridgehead atoms. The summed E-state index contributed by atoms with van der Waals surface area (Å²) < 4.78 is 12.7. The molecule has 1 saturated carbocycles. The molecular formula is C11H19FN6. The van der Waals surface area contributed by atoms with E-state index in [0.29, 0.717) is 5.82 Å². The molecule has 100 valence electrons. The van der Waals surface area contributed by atoms with Crippen molar-refractivity contribution in [2.24, 2.45) is 11.8 Å². The van der Waals surface area contributed by atoms with Gasteiger partial charge < -0.3 is 11.5 Å². The Hall–Kier alpha value is -1.63. The van der Waals surface area contributed by atoms with Gasteiger partial charge in [0.05, 0.1) is 6.67 Å². The van der Waals surface area contributed by atoms with Gasteiger partial charge in [0, 0.05) is 6.04 Å². The molecule has 0 aliphatic heterocycles. The molecule has 0 radical (unpaired) electrons. The summed E-state index contributed by atoms with van der Waals surface area (Å²) in [7, 11) is 0. The quantitative estimate of drug-likeness (QED) is 0.545. The Kier molecular flexibility index (Phi) is 3.81. The number of hydrogen-bond donors (Lipinski definition) is 3. The molecule has 1 aromatic heterocycles. The molecule has 0 saturated heterocycles. The summed E-state index contributed by atoms with van der Waals surface area (Å²) in [5.74, 6) is 6.76. The second-order valence-electron chi connectivity index (χ2n) is 4.74. The first-order valence-corrected chi connectivity index (χ1v) is 6.09. The number of aromatic nitrogens is 2. The van der Waals surface area contributed by atoms with Gasteiger partial charge in [0.15, 0.2) is 11.6 Å². The molecule has 18 heavy (non-hydrogen) atoms. The predicted octanol–water partition coefficient (Wildman–Crippen LogP) is 0.849. The zero-order valence-electron chi connectivity index (χ0n) is 10.2. The van der Waals surface area contributed by atoms with E-state index in [9.17, 15) is 4.39 Å². The van der Waals surface area contributed by atoms with Crippen LogP contribution < -0.4 is 22.3 Å². The lowest BCUT2D eigenvalue weighted by molar-refractivity contribution is 0.253. The Bertz CT molecular complexity index is 413. The highest BCUT2D eigenvalue weighted by molar-refractivity contribution is 5.72. The van der Waals surface area contributed by atoms with E-state index in [-0.39, 0.29) is 30.1 Å². The van der Waals surface area contributed by atoms with E-state index < -0.39 is 0 Å². The first-order valence-electron chi connectivity index (χ1n) is 6.09. The molecule has 1 heterocycles. The lowest BCUT2D eigenvalue weighted by Gasteiger charge is -2.34. The first kappa shape index (κ1) is 12.8. The average molecular weight is 254 g/mol. The first-order chi connectivity index (χ1) is 8.63. The van der Waals surface area contributed by atoms with Crippen LogP contribution in [0.2, 0.25) is 0 Å². The molecule has 2 atom stereocenters. The van der Waals surface area contributed by atoms with Crippen molar-refractivity contribution in [1.82, 2.24) is 9.97 Å². The normalized spacial score (nSPS) is 23.9. The van der Waals surface area contributed by atoms with E-state index >= 15 is 0 Å². The summed E-state index contributed by atoms with van der Waals surface area (Å²) >= 11 is 0. The number of hydrazine groups is 1. The van der Waals surface area contributed by atoms with Crippen molar-refractivity contribution in [3.63, 3.8) is 0 Å². The van der Waals surface area contributed by atoms with Crippen LogP contribution in [0, 0.1) is 5.92 Å². The number of nitrogens with two attached hydrogens (primary N) is 3. The van der Waals surface area contributed by atoms with Gasteiger partial charge in [0.2, 0.25) is 0 Å². The number of nitrogens with zero attached hydrogens (tertiary/aromatic N) is 3. The number of alkyl halides is 1. The fraction of sp³-hybridized carbons (Fsp3) is 0.636. The fourth-order valence-corrected chi connectivity index (χ4v) is 2.43. The van der Waals surface area contributed by atoms with Gasteiger partial charge in [-0.1, -0.05) is 6.42 Å². The largest absolute Gasteiger partial charge is 0.393 e. The van der Waals surface area contributed by atoms with Crippen molar-refractivity contribution in [3.8, 4) is 0 Å². The predicted molar refractivity (Wildman–Crippen MR) is 69.2 cm³/mol. The van der Waals surface area contributed by atoms with Crippen LogP contribution in [0.25, 0.3) is 0 Å². The van der Waals surface area contributed by atoms with Gasteiger partial charge in [-0.15, -0.1) is 0 Å². The Labute approximate surface area is 105 Å². The van der Waals surface area contributed by atoms with Gasteiger partial charge in [-0.25, -0.2) is 15.8 Å². The lowest BCUT2D eigenvalue weighted by atomic mass is 9.86. The summed E-state index contributed by atoms with van der Waals surface area (Å²) in [5, 5.41) is 1.51. The van der Waals surface area contributed by atoms with E-state index in [1.807, 2.05) is 0 Å². The molecule has 6 N–H and O–H groups in total. The molecular weight excluding hydrogens is 235 g/mol. The standard InChI is InChI=1S/C11H19FN6/c12-5-7-2-1-3-8(4-7)18(15)11-9(13)10(14)16-6-17-11/h6-8H,1-5,13,15H2,(H2,14,16,17). The minimum Gasteiger partial charge on any atom is -0.393 e. The summed E-state index contributed by atoms with van der Waals surface area (Å²) in [5.41, 5.74) is 11.7. The van der Waals surface area contributed by atoms with Gasteiger partial charge in [0.25, 0.3) is 0 Å². The van der Waals surface area contributed by atoms with Crippen molar-refractivity contribution in [2.75, 3.05) is 23.2 Å². The van der Waals surface area contributed by atoms with Crippen LogP contribution in [-0.4, -0.2) is 22.7 Å². The van der Waals surface area contributed by atoms with Gasteiger partial charge in [-0.2, -0.15) is 0 Å². The van der Waals surface area contributed by atoms with E-state index in [2.05, 4.69) is 9.97 Å². The molecule has 0 spiro atoms. The minimum atomic E-state index is -0.300. The highest BCUT2D eigenvalue weighted by Crippen LogP contribution is 2.31. The van der Waals surface area contributed by atoms with Crippen molar-refractivity contribution >= 4 is 17.3 Å². The summed E-state index contributed by atoms with van der Waals surface area (Å²) in [4.78, 5) is 7.85. The lowest BCUT2D eigenvalue weighted by Crippen LogP contribution is -2.45. The molecule has 0 aromatic carbocycles. The van der Waals surface area contributed by atoms with Crippen LogP contribution in [-0.2, 0) is 0 Å². The smallest absolute Gasteiger partial charge is 0.171 e. The average Bonchev–Trinajstić information content (AvgIpc) is 2.41. The SMILES string of the molecule is Nc1ncnc(N(N)C2CCCC(CF)C2)c1N. The number of anilines is 3. The third-order valence-electron chi connectivity index (χ3n) is 3.51. The van der Waals surface area contributed by atoms with E-state index in [1.165, 1.54) is 11.3 Å². The Morgan fingerprint density at radius 1 is 1.33 bits per heavy atom. The van der Waals surface area contributed by atoms with Crippen LogP contribution in [0.15, 0.2) is 6.33 Å². The van der Waals surface area contributed by atoms with Gasteiger partial charge >= 0.3 is 0 Å². The van der Waals surface area contributed by atoms with Crippen LogP contribution in [0.5, 0.6) is 0 Å². The van der Waals surface area contributed by atoms with Crippen molar-refractivity contribution in [1.29, 1.82) is 0 Å². The maximum Gasteiger partial charge on any atom is 0.171 e. The van der Waals surface area contributed by atoms with E-state index in [4.69, 9.17) is 17.3 Å². The van der Waals surface area contributed by atoms with Crippen LogP contribution in [0.1, 0.15) is 25.7 Å². The zero-order chi connectivity index (χ0) is 13.1. The molecule has 2 rings (SSSR count). The van der Waals surface area contributed by atoms with Crippen LogP contribution >= 0.6 is 0 Å². The number of halogens is 1. The maximum absolute atomic E-state index is 12.7. The summed E-state index contributed by atoms with van der Waals surface area (Å²) in [6.07, 6.45) is 4.85. The molecule has 1 fully saturated rings. The molecule has 6 nitrogen and oxygen atoms in total. The maximum atomic E-state index is 12.7. The van der Waals surface area contributed by atoms with Gasteiger partial charge in [0.1, 0.15) is 12.0 Å². The van der Waals surface area contributed by atoms with E-state index in [0.717, 1.165) is 25.7 Å². The van der Waals surface area contributed by atoms with Crippen LogP contribution in [0.4, 0.5) is 21.7 Å². The second kappa shape index (κ2) is 5.34. The highest BCUT2D eigenvalue weighted by atomic mass is 19.1. The molecule has 1 aliphatic rings. The topological polar surface area (TPSA) is 107 Å². The van der Waals surface area contributed by atoms with Crippen LogP contribution in [0.3, 0.4) is 0 Å². The Balaban J connectivity index is 2.15. The third kappa shape index (κ3) is 2.45. The summed E-state index contributed by atoms with van der Waals surface area (Å²) in [6, 6.07) is 0.0519. The Morgan fingerprint density at radius 2 is 2.11 bits per heavy atom. The highest BCUT2D eigenvalue weighted by Gasteiger charge is 2.27. The second-order valence-corrected chi connectivity index (χ2v) is 4.74. The third-order valence-corrected chi connectivity index (χ3v) is 3.51. The minimum absolute atomic E-state index is 0.0519. The van der Waals surface area contributed by atoms with E-state index in [1.54, 1.807) is 0 Å². The number of rotatable bonds is 3. The molecule has 7 heteroatoms. The van der Waals surface area contributed by atoms with Crippen molar-refractivity contribution in [3.05, 3.63) is 6.33 Å². The van der Waals surface area contributed by atoms with Crippen molar-refractivity contribution in [2.45, 2.75) is 31.7 Å². The molecule has 0 amide bonds. The molecule has 2 unspecified atom stereocenters. The number of nitrogen functional groups attached to an aromatic ring is 2. The fourth-order valence-electron chi connectivity index (χ4n) is 2.43. The molecule has 1 aliphatic carbocycles. The monoisotopic (exact) mass is 254 g/mol. The van der Waals surface area contributed by atoms with Gasteiger partial charge in [-0.3, -0.25) is 9.40 Å². The Morgan fingerprint density at radius 3 is 2.83 bits per heavy atom. The number of hydrogen-bond acceptors (Lipinski definition) is 6. The van der Waals surface area contributed by atoms with Gasteiger partial charge in [-0.05, 0) is 25.2 Å².